The number of nitrogens with zero attached hydrogens (tertiary/aromatic N) is 2. The molecule has 180 valence electrons. The number of oxazole rings is 1. The van der Waals surface area contributed by atoms with Crippen LogP contribution in [0.25, 0.3) is 11.3 Å². The van der Waals surface area contributed by atoms with Gasteiger partial charge in [0.1, 0.15) is 0 Å². The van der Waals surface area contributed by atoms with E-state index in [2.05, 4.69) is 10.3 Å². The quantitative estimate of drug-likeness (QED) is 0.545. The van der Waals surface area contributed by atoms with Crippen LogP contribution in [0.2, 0.25) is 0 Å². The van der Waals surface area contributed by atoms with E-state index in [-0.39, 0.29) is 29.4 Å². The van der Waals surface area contributed by atoms with Gasteiger partial charge < -0.3 is 14.5 Å². The number of hydrogen-bond donors (Lipinski definition) is 1. The predicted molar refractivity (Wildman–Crippen MR) is 129 cm³/mol. The Morgan fingerprint density at radius 3 is 2.35 bits per heavy atom. The summed E-state index contributed by atoms with van der Waals surface area (Å²) in [7, 11) is -3.62. The zero-order valence-corrected chi connectivity index (χ0v) is 20.3. The molecule has 1 aliphatic heterocycles. The van der Waals surface area contributed by atoms with Gasteiger partial charge in [0, 0.05) is 37.2 Å². The summed E-state index contributed by atoms with van der Waals surface area (Å²) in [4.78, 5) is 16.8. The summed E-state index contributed by atoms with van der Waals surface area (Å²) in [6.45, 7) is 6.37. The van der Waals surface area contributed by atoms with Crippen molar-refractivity contribution in [3.63, 3.8) is 0 Å². The van der Waals surface area contributed by atoms with Crippen LogP contribution in [0.3, 0.4) is 0 Å². The Hall–Kier alpha value is -3.01. The van der Waals surface area contributed by atoms with Crippen LogP contribution in [-0.4, -0.2) is 48.9 Å². The van der Waals surface area contributed by atoms with Gasteiger partial charge in [-0.05, 0) is 45.0 Å². The van der Waals surface area contributed by atoms with E-state index in [0.717, 1.165) is 11.1 Å². The predicted octanol–water partition coefficient (Wildman–Crippen LogP) is 4.02. The number of benzene rings is 2. The molecule has 0 bridgehead atoms. The maximum atomic E-state index is 13.0. The van der Waals surface area contributed by atoms with Crippen LogP contribution in [0.5, 0.6) is 0 Å². The number of hydrogen-bond acceptors (Lipinski definition) is 6. The number of morpholine rings is 1. The standard InChI is InChI=1S/C25H29N3O5S/c1-17-4-6-20(7-5-17)23-14-26-25(33-23)13-12-24(29)27-21-8-10-22(11-9-21)34(30,31)28-15-18(2)32-19(3)16-28/h4-11,14,18-19H,12-13,15-16H2,1-3H3,(H,27,29). The lowest BCUT2D eigenvalue weighted by molar-refractivity contribution is -0.116. The molecule has 2 atom stereocenters. The van der Waals surface area contributed by atoms with E-state index in [9.17, 15) is 13.2 Å². The number of amides is 1. The lowest BCUT2D eigenvalue weighted by Crippen LogP contribution is -2.48. The van der Waals surface area contributed by atoms with E-state index in [4.69, 9.17) is 9.15 Å². The van der Waals surface area contributed by atoms with Crippen LogP contribution >= 0.6 is 0 Å². The molecule has 1 N–H and O–H groups in total. The molecule has 0 saturated carbocycles. The third-order valence-corrected chi connectivity index (χ3v) is 7.46. The number of aromatic nitrogens is 1. The molecule has 1 aromatic heterocycles. The fourth-order valence-electron chi connectivity index (χ4n) is 3.91. The average Bonchev–Trinajstić information content (AvgIpc) is 3.27. The SMILES string of the molecule is Cc1ccc(-c2cnc(CCC(=O)Nc3ccc(S(=O)(=O)N4CC(C)OC(C)C4)cc3)o2)cc1. The Bertz CT molecular complexity index is 1230. The minimum atomic E-state index is -3.62. The molecule has 2 heterocycles. The Labute approximate surface area is 200 Å². The first kappa shape index (κ1) is 24.1. The summed E-state index contributed by atoms with van der Waals surface area (Å²) >= 11 is 0. The van der Waals surface area contributed by atoms with Gasteiger partial charge in [-0.15, -0.1) is 0 Å². The van der Waals surface area contributed by atoms with Crippen molar-refractivity contribution in [3.05, 3.63) is 66.2 Å². The number of aryl methyl sites for hydroxylation is 2. The molecule has 0 aliphatic carbocycles. The lowest BCUT2D eigenvalue weighted by Gasteiger charge is -2.34. The maximum absolute atomic E-state index is 13.0. The summed E-state index contributed by atoms with van der Waals surface area (Å²) in [5.41, 5.74) is 2.63. The van der Waals surface area contributed by atoms with E-state index in [1.54, 1.807) is 18.3 Å². The van der Waals surface area contributed by atoms with Gasteiger partial charge in [0.2, 0.25) is 15.9 Å². The number of sulfonamides is 1. The summed E-state index contributed by atoms with van der Waals surface area (Å²) in [5.74, 6) is 0.943. The van der Waals surface area contributed by atoms with Gasteiger partial charge in [-0.1, -0.05) is 29.8 Å². The Balaban J connectivity index is 1.32. The van der Waals surface area contributed by atoms with E-state index >= 15 is 0 Å². The third kappa shape index (κ3) is 5.72. The molecule has 2 aromatic carbocycles. The molecule has 8 nitrogen and oxygen atoms in total. The van der Waals surface area contributed by atoms with Crippen LogP contribution in [0, 0.1) is 6.92 Å². The van der Waals surface area contributed by atoms with Crippen LogP contribution in [0.1, 0.15) is 31.7 Å². The summed E-state index contributed by atoms with van der Waals surface area (Å²) in [5, 5.41) is 2.79. The average molecular weight is 484 g/mol. The van der Waals surface area contributed by atoms with E-state index < -0.39 is 10.0 Å². The van der Waals surface area contributed by atoms with E-state index in [1.165, 1.54) is 16.4 Å². The highest BCUT2D eigenvalue weighted by Crippen LogP contribution is 2.23. The smallest absolute Gasteiger partial charge is 0.243 e. The monoisotopic (exact) mass is 483 g/mol. The van der Waals surface area contributed by atoms with Crippen molar-refractivity contribution >= 4 is 21.6 Å². The van der Waals surface area contributed by atoms with Gasteiger partial charge in [-0.2, -0.15) is 4.31 Å². The molecule has 4 rings (SSSR count). The van der Waals surface area contributed by atoms with Crippen LogP contribution < -0.4 is 5.32 Å². The molecule has 3 aromatic rings. The highest BCUT2D eigenvalue weighted by molar-refractivity contribution is 7.89. The number of anilines is 1. The van der Waals surface area contributed by atoms with Gasteiger partial charge in [-0.3, -0.25) is 4.79 Å². The molecule has 0 radical (unpaired) electrons. The van der Waals surface area contributed by atoms with Gasteiger partial charge in [0.05, 0.1) is 23.3 Å². The van der Waals surface area contributed by atoms with Crippen LogP contribution in [0.15, 0.2) is 64.0 Å². The second-order valence-corrected chi connectivity index (χ2v) is 10.6. The van der Waals surface area contributed by atoms with Gasteiger partial charge >= 0.3 is 0 Å². The van der Waals surface area contributed by atoms with Crippen LogP contribution in [-0.2, 0) is 26.0 Å². The minimum absolute atomic E-state index is 0.159. The van der Waals surface area contributed by atoms with Crippen molar-refractivity contribution in [1.29, 1.82) is 0 Å². The fraction of sp³-hybridized carbons (Fsp3) is 0.360. The highest BCUT2D eigenvalue weighted by atomic mass is 32.2. The van der Waals surface area contributed by atoms with E-state index in [1.807, 2.05) is 45.0 Å². The first-order valence-electron chi connectivity index (χ1n) is 11.3. The molecule has 1 amide bonds. The third-order valence-electron chi connectivity index (χ3n) is 5.62. The zero-order chi connectivity index (χ0) is 24.3. The number of nitrogens with one attached hydrogen (secondary N) is 1. The summed E-state index contributed by atoms with van der Waals surface area (Å²) in [6, 6.07) is 14.2. The van der Waals surface area contributed by atoms with Crippen molar-refractivity contribution in [3.8, 4) is 11.3 Å². The number of rotatable bonds is 7. The Kier molecular flexibility index (Phi) is 7.16. The number of carbonyl (C=O) groups is 1. The van der Waals surface area contributed by atoms with Crippen molar-refractivity contribution in [2.45, 2.75) is 50.7 Å². The first-order chi connectivity index (χ1) is 16.2. The molecule has 1 aliphatic rings. The maximum Gasteiger partial charge on any atom is 0.243 e. The van der Waals surface area contributed by atoms with Gasteiger partial charge in [-0.25, -0.2) is 13.4 Å². The van der Waals surface area contributed by atoms with Crippen molar-refractivity contribution in [2.75, 3.05) is 18.4 Å². The number of ether oxygens (including phenoxy) is 1. The molecule has 0 spiro atoms. The van der Waals surface area contributed by atoms with Gasteiger partial charge in [0.25, 0.3) is 0 Å². The molecule has 34 heavy (non-hydrogen) atoms. The second kappa shape index (κ2) is 10.1. The Morgan fingerprint density at radius 2 is 1.71 bits per heavy atom. The highest BCUT2D eigenvalue weighted by Gasteiger charge is 2.32. The Morgan fingerprint density at radius 1 is 1.06 bits per heavy atom. The zero-order valence-electron chi connectivity index (χ0n) is 19.5. The first-order valence-corrected chi connectivity index (χ1v) is 12.7. The van der Waals surface area contributed by atoms with Gasteiger partial charge in [0.15, 0.2) is 11.7 Å². The van der Waals surface area contributed by atoms with Crippen LogP contribution in [0.4, 0.5) is 5.69 Å². The lowest BCUT2D eigenvalue weighted by atomic mass is 10.1. The number of carbonyl (C=O) groups excluding carboxylic acids is 1. The van der Waals surface area contributed by atoms with Crippen molar-refractivity contribution in [1.82, 2.24) is 9.29 Å². The molecular formula is C25H29N3O5S. The molecule has 2 unspecified atom stereocenters. The van der Waals surface area contributed by atoms with Crippen molar-refractivity contribution in [2.24, 2.45) is 0 Å². The molecule has 1 fully saturated rings. The normalized spacial score (nSPS) is 19.1. The molecule has 1 saturated heterocycles. The molecule has 9 heteroatoms. The summed E-state index contributed by atoms with van der Waals surface area (Å²) < 4.78 is 38.8. The summed E-state index contributed by atoms with van der Waals surface area (Å²) in [6.07, 6.45) is 1.89. The van der Waals surface area contributed by atoms with E-state index in [0.29, 0.717) is 36.8 Å². The topological polar surface area (TPSA) is 102 Å². The molecular weight excluding hydrogens is 454 g/mol. The largest absolute Gasteiger partial charge is 0.441 e. The fourth-order valence-corrected chi connectivity index (χ4v) is 5.50. The second-order valence-electron chi connectivity index (χ2n) is 8.64. The van der Waals surface area contributed by atoms with Crippen molar-refractivity contribution < 1.29 is 22.4 Å². The minimum Gasteiger partial charge on any atom is -0.441 e.